The Morgan fingerprint density at radius 3 is 2.42 bits per heavy atom. The molecule has 0 radical (unpaired) electrons. The van der Waals surface area contributed by atoms with Gasteiger partial charge in [0.05, 0.1) is 10.6 Å². The number of fused-ring (bicyclic) bond motifs is 1. The predicted molar refractivity (Wildman–Crippen MR) is 118 cm³/mol. The van der Waals surface area contributed by atoms with Crippen molar-refractivity contribution in [1.82, 2.24) is 4.90 Å². The molecule has 0 bridgehead atoms. The van der Waals surface area contributed by atoms with Crippen molar-refractivity contribution in [3.05, 3.63) is 48.0 Å². The number of anilines is 2. The summed E-state index contributed by atoms with van der Waals surface area (Å²) in [5.74, 6) is -0.770. The molecule has 0 saturated carbocycles. The summed E-state index contributed by atoms with van der Waals surface area (Å²) < 4.78 is 28.0. The van der Waals surface area contributed by atoms with Crippen LogP contribution < -0.4 is 10.0 Å². The Morgan fingerprint density at radius 2 is 1.77 bits per heavy atom. The first-order valence-electron chi connectivity index (χ1n) is 9.79. The van der Waals surface area contributed by atoms with Crippen molar-refractivity contribution in [2.45, 2.75) is 34.8 Å². The van der Waals surface area contributed by atoms with Crippen LogP contribution in [0.2, 0.25) is 0 Å². The summed E-state index contributed by atoms with van der Waals surface area (Å²) in [4.78, 5) is 38.8. The first-order valence-corrected chi connectivity index (χ1v) is 12.1. The molecule has 2 N–H and O–H groups in total. The number of hydrogen-bond donors (Lipinski definition) is 2. The fraction of sp³-hybridized carbons (Fsp3) is 0.286. The van der Waals surface area contributed by atoms with Crippen LogP contribution in [0.4, 0.5) is 11.4 Å². The molecule has 4 rings (SSSR count). The van der Waals surface area contributed by atoms with Crippen LogP contribution in [0.15, 0.2) is 52.3 Å². The monoisotopic (exact) mass is 459 g/mol. The summed E-state index contributed by atoms with van der Waals surface area (Å²) in [5, 5.41) is 1.80. The van der Waals surface area contributed by atoms with E-state index in [0.29, 0.717) is 34.9 Å². The van der Waals surface area contributed by atoms with Crippen molar-refractivity contribution in [1.29, 1.82) is 0 Å². The molecule has 0 aliphatic carbocycles. The topological polar surface area (TPSA) is 113 Å². The highest BCUT2D eigenvalue weighted by Gasteiger charge is 2.37. The maximum Gasteiger partial charge on any atom is 0.261 e. The van der Waals surface area contributed by atoms with Crippen LogP contribution in [0.1, 0.15) is 30.1 Å². The highest BCUT2D eigenvalue weighted by atomic mass is 32.2. The number of ketones is 1. The third kappa shape index (κ3) is 4.45. The number of amides is 2. The highest BCUT2D eigenvalue weighted by molar-refractivity contribution is 8.01. The van der Waals surface area contributed by atoms with Crippen LogP contribution in [-0.2, 0) is 19.6 Å². The van der Waals surface area contributed by atoms with Crippen molar-refractivity contribution in [3.8, 4) is 0 Å². The molecule has 10 heteroatoms. The molecule has 2 heterocycles. The average molecular weight is 460 g/mol. The molecule has 0 aromatic heterocycles. The van der Waals surface area contributed by atoms with Gasteiger partial charge < -0.3 is 10.2 Å². The van der Waals surface area contributed by atoms with Crippen molar-refractivity contribution >= 4 is 50.8 Å². The van der Waals surface area contributed by atoms with Gasteiger partial charge in [-0.2, -0.15) is 0 Å². The molecule has 31 heavy (non-hydrogen) atoms. The number of likely N-dealkylation sites (tertiary alicyclic amines) is 1. The quantitative estimate of drug-likeness (QED) is 0.525. The van der Waals surface area contributed by atoms with E-state index in [1.165, 1.54) is 31.2 Å². The van der Waals surface area contributed by atoms with Crippen LogP contribution in [0, 0.1) is 0 Å². The number of thioether (sulfide) groups is 1. The second-order valence-electron chi connectivity index (χ2n) is 7.42. The van der Waals surface area contributed by atoms with E-state index < -0.39 is 21.2 Å². The number of nitrogens with one attached hydrogen (secondary N) is 2. The van der Waals surface area contributed by atoms with Gasteiger partial charge in [0.1, 0.15) is 0 Å². The lowest BCUT2D eigenvalue weighted by molar-refractivity contribution is -0.133. The highest BCUT2D eigenvalue weighted by Crippen LogP contribution is 2.38. The first-order chi connectivity index (χ1) is 14.7. The van der Waals surface area contributed by atoms with Gasteiger partial charge in [-0.25, -0.2) is 8.42 Å². The molecule has 2 amide bonds. The number of rotatable bonds is 5. The third-order valence-corrected chi connectivity index (χ3v) is 7.83. The summed E-state index contributed by atoms with van der Waals surface area (Å²) in [6.07, 6.45) is 1.88. The van der Waals surface area contributed by atoms with Crippen molar-refractivity contribution in [2.75, 3.05) is 23.1 Å². The summed E-state index contributed by atoms with van der Waals surface area (Å²) in [7, 11) is -3.91. The number of benzene rings is 2. The fourth-order valence-corrected chi connectivity index (χ4v) is 5.65. The van der Waals surface area contributed by atoms with Gasteiger partial charge in [-0.05, 0) is 62.2 Å². The number of nitrogens with zero attached hydrogens (tertiary/aromatic N) is 1. The number of hydrogen-bond acceptors (Lipinski definition) is 6. The first kappa shape index (κ1) is 21.4. The van der Waals surface area contributed by atoms with Crippen LogP contribution >= 0.6 is 11.8 Å². The van der Waals surface area contributed by atoms with E-state index in [4.69, 9.17) is 0 Å². The lowest BCUT2D eigenvalue weighted by atomic mass is 10.1. The molecular formula is C21H21N3O5S2. The van der Waals surface area contributed by atoms with Crippen LogP contribution in [0.3, 0.4) is 0 Å². The second kappa shape index (κ2) is 8.35. The predicted octanol–water partition coefficient (Wildman–Crippen LogP) is 2.73. The molecule has 2 aliphatic rings. The smallest absolute Gasteiger partial charge is 0.261 e. The van der Waals surface area contributed by atoms with Gasteiger partial charge in [0.15, 0.2) is 11.0 Å². The summed E-state index contributed by atoms with van der Waals surface area (Å²) >= 11 is 1.14. The lowest BCUT2D eigenvalue weighted by Crippen LogP contribution is -2.43. The Kier molecular flexibility index (Phi) is 5.76. The number of sulfonamides is 1. The maximum atomic E-state index is 12.8. The average Bonchev–Trinajstić information content (AvgIpc) is 3.27. The van der Waals surface area contributed by atoms with Crippen molar-refractivity contribution < 1.29 is 22.8 Å². The molecule has 2 aromatic rings. The molecule has 2 aromatic carbocycles. The maximum absolute atomic E-state index is 12.8. The number of carbonyl (C=O) groups is 3. The van der Waals surface area contributed by atoms with Crippen LogP contribution in [-0.4, -0.2) is 49.3 Å². The molecule has 1 fully saturated rings. The van der Waals surface area contributed by atoms with E-state index >= 15 is 0 Å². The zero-order valence-corrected chi connectivity index (χ0v) is 18.4. The van der Waals surface area contributed by atoms with Gasteiger partial charge in [-0.1, -0.05) is 0 Å². The largest absolute Gasteiger partial charge is 0.341 e. The van der Waals surface area contributed by atoms with Crippen molar-refractivity contribution in [3.63, 3.8) is 0 Å². The van der Waals surface area contributed by atoms with E-state index in [-0.39, 0.29) is 16.6 Å². The Balaban J connectivity index is 1.53. The minimum absolute atomic E-state index is 0.0212. The van der Waals surface area contributed by atoms with E-state index in [0.717, 1.165) is 24.6 Å². The van der Waals surface area contributed by atoms with Gasteiger partial charge in [0.2, 0.25) is 11.8 Å². The normalized spacial score (nSPS) is 18.3. The zero-order valence-electron chi connectivity index (χ0n) is 16.8. The Morgan fingerprint density at radius 1 is 1.10 bits per heavy atom. The summed E-state index contributed by atoms with van der Waals surface area (Å²) in [6.45, 7) is 2.75. The Bertz CT molecular complexity index is 1160. The molecule has 8 nitrogen and oxygen atoms in total. The molecule has 0 unspecified atom stereocenters. The van der Waals surface area contributed by atoms with E-state index in [2.05, 4.69) is 10.0 Å². The Hall–Kier alpha value is -2.85. The Labute approximate surface area is 184 Å². The standard InChI is InChI=1S/C21H21N3O5S2/c1-13(25)14-4-6-15(7-5-14)23-31(28,29)16-8-9-18-17(12-16)22-20(26)19(30-18)21(27)24-10-2-3-11-24/h4-9,12,19,23H,2-3,10-11H2,1H3,(H,22,26)/t19-/m0/s1. The van der Waals surface area contributed by atoms with Crippen LogP contribution in [0.5, 0.6) is 0 Å². The molecule has 1 atom stereocenters. The fourth-order valence-electron chi connectivity index (χ4n) is 3.51. The number of carbonyl (C=O) groups excluding carboxylic acids is 3. The molecule has 162 valence electrons. The molecule has 0 spiro atoms. The van der Waals surface area contributed by atoms with E-state index in [1.54, 1.807) is 23.1 Å². The number of Topliss-reactive ketones (excluding diaryl/α,β-unsaturated/α-hetero) is 1. The van der Waals surface area contributed by atoms with Gasteiger partial charge in [-0.3, -0.25) is 19.1 Å². The van der Waals surface area contributed by atoms with Crippen LogP contribution in [0.25, 0.3) is 0 Å². The van der Waals surface area contributed by atoms with Gasteiger partial charge in [0.25, 0.3) is 10.0 Å². The molecular weight excluding hydrogens is 438 g/mol. The van der Waals surface area contributed by atoms with E-state index in [1.807, 2.05) is 0 Å². The second-order valence-corrected chi connectivity index (χ2v) is 10.2. The van der Waals surface area contributed by atoms with Gasteiger partial charge in [0, 0.05) is 29.2 Å². The van der Waals surface area contributed by atoms with Crippen molar-refractivity contribution in [2.24, 2.45) is 0 Å². The summed E-state index contributed by atoms with van der Waals surface area (Å²) in [5.41, 5.74) is 1.15. The van der Waals surface area contributed by atoms with Gasteiger partial charge in [-0.15, -0.1) is 11.8 Å². The minimum Gasteiger partial charge on any atom is -0.341 e. The molecule has 2 aliphatic heterocycles. The lowest BCUT2D eigenvalue weighted by Gasteiger charge is -2.27. The third-order valence-electron chi connectivity index (χ3n) is 5.19. The van der Waals surface area contributed by atoms with E-state index in [9.17, 15) is 22.8 Å². The molecule has 1 saturated heterocycles. The summed E-state index contributed by atoms with van der Waals surface area (Å²) in [6, 6.07) is 10.5. The SMILES string of the molecule is CC(=O)c1ccc(NS(=O)(=O)c2ccc3c(c2)NC(=O)[C@@H](C(=O)N2CCCC2)S3)cc1. The van der Waals surface area contributed by atoms with Gasteiger partial charge >= 0.3 is 0 Å². The minimum atomic E-state index is -3.91. The zero-order chi connectivity index (χ0) is 22.2.